The van der Waals surface area contributed by atoms with Crippen LogP contribution in [0.4, 0.5) is 4.79 Å². The summed E-state index contributed by atoms with van der Waals surface area (Å²) in [5.41, 5.74) is 2.24. The second-order valence-electron chi connectivity index (χ2n) is 6.85. The van der Waals surface area contributed by atoms with Gasteiger partial charge in [0.05, 0.1) is 0 Å². The molecule has 6 heteroatoms. The second-order valence-corrected chi connectivity index (χ2v) is 7.29. The van der Waals surface area contributed by atoms with Crippen molar-refractivity contribution in [2.45, 2.75) is 12.8 Å². The fourth-order valence-corrected chi connectivity index (χ4v) is 3.64. The zero-order valence-corrected chi connectivity index (χ0v) is 15.1. The number of amides is 2. The minimum absolute atomic E-state index is 0.0548. The standard InChI is InChI=1S/C18H25ClN4O/c1-22(2)11-13-6-8-23(12-13)18(24)20-7-5-14-10-21-17-9-15(19)3-4-16(14)17/h3-4,9-10,13,21H,5-8,11-12H2,1-2H3,(H,20,24)/t13-/m0/s1. The summed E-state index contributed by atoms with van der Waals surface area (Å²) < 4.78 is 0. The minimum atomic E-state index is 0.0548. The maximum absolute atomic E-state index is 12.3. The van der Waals surface area contributed by atoms with Crippen LogP contribution in [0, 0.1) is 5.92 Å². The van der Waals surface area contributed by atoms with Gasteiger partial charge in [-0.3, -0.25) is 0 Å². The van der Waals surface area contributed by atoms with E-state index in [9.17, 15) is 4.79 Å². The molecule has 1 aromatic heterocycles. The van der Waals surface area contributed by atoms with E-state index in [1.165, 1.54) is 10.9 Å². The first-order chi connectivity index (χ1) is 11.5. The van der Waals surface area contributed by atoms with Gasteiger partial charge in [-0.25, -0.2) is 4.79 Å². The molecule has 1 saturated heterocycles. The Morgan fingerprint density at radius 1 is 1.46 bits per heavy atom. The van der Waals surface area contributed by atoms with Crippen LogP contribution in [0.1, 0.15) is 12.0 Å². The monoisotopic (exact) mass is 348 g/mol. The van der Waals surface area contributed by atoms with Crippen LogP contribution < -0.4 is 5.32 Å². The Morgan fingerprint density at radius 2 is 2.29 bits per heavy atom. The maximum Gasteiger partial charge on any atom is 0.317 e. The number of aromatic amines is 1. The number of carbonyl (C=O) groups is 1. The Morgan fingerprint density at radius 3 is 3.08 bits per heavy atom. The summed E-state index contributed by atoms with van der Waals surface area (Å²) >= 11 is 6.00. The third-order valence-corrected chi connectivity index (χ3v) is 4.83. The van der Waals surface area contributed by atoms with E-state index in [1.54, 1.807) is 0 Å². The van der Waals surface area contributed by atoms with Gasteiger partial charge in [-0.05, 0) is 50.6 Å². The molecule has 0 saturated carbocycles. The van der Waals surface area contributed by atoms with Gasteiger partial charge in [0, 0.05) is 48.3 Å². The van der Waals surface area contributed by atoms with E-state index in [1.807, 2.05) is 29.3 Å². The molecule has 24 heavy (non-hydrogen) atoms. The lowest BCUT2D eigenvalue weighted by molar-refractivity contribution is 0.205. The number of aromatic nitrogens is 1. The van der Waals surface area contributed by atoms with Gasteiger partial charge < -0.3 is 20.1 Å². The van der Waals surface area contributed by atoms with Gasteiger partial charge in [0.2, 0.25) is 0 Å². The third kappa shape index (κ3) is 4.02. The highest BCUT2D eigenvalue weighted by Gasteiger charge is 2.26. The van der Waals surface area contributed by atoms with Crippen molar-refractivity contribution in [1.29, 1.82) is 0 Å². The molecule has 5 nitrogen and oxygen atoms in total. The Labute approximate surface area is 148 Å². The molecule has 3 rings (SSSR count). The Bertz CT molecular complexity index is 712. The summed E-state index contributed by atoms with van der Waals surface area (Å²) in [5.74, 6) is 0.587. The molecule has 1 aliphatic heterocycles. The fraction of sp³-hybridized carbons (Fsp3) is 0.500. The van der Waals surface area contributed by atoms with Crippen LogP contribution in [0.15, 0.2) is 24.4 Å². The Kier molecular flexibility index (Phi) is 5.31. The molecule has 2 aromatic rings. The highest BCUT2D eigenvalue weighted by molar-refractivity contribution is 6.31. The zero-order chi connectivity index (χ0) is 17.1. The van der Waals surface area contributed by atoms with Gasteiger partial charge >= 0.3 is 6.03 Å². The molecule has 0 radical (unpaired) electrons. The maximum atomic E-state index is 12.3. The molecule has 0 bridgehead atoms. The van der Waals surface area contributed by atoms with Gasteiger partial charge in [-0.2, -0.15) is 0 Å². The second kappa shape index (κ2) is 7.45. The predicted octanol–water partition coefficient (Wildman–Crippen LogP) is 2.96. The van der Waals surface area contributed by atoms with E-state index in [2.05, 4.69) is 29.3 Å². The Balaban J connectivity index is 1.48. The average molecular weight is 349 g/mol. The molecule has 130 valence electrons. The van der Waals surface area contributed by atoms with Crippen molar-refractivity contribution in [3.8, 4) is 0 Å². The van der Waals surface area contributed by atoms with Crippen LogP contribution in [-0.2, 0) is 6.42 Å². The number of likely N-dealkylation sites (tertiary alicyclic amines) is 1. The van der Waals surface area contributed by atoms with Crippen LogP contribution >= 0.6 is 11.6 Å². The van der Waals surface area contributed by atoms with Crippen molar-refractivity contribution < 1.29 is 4.79 Å². The van der Waals surface area contributed by atoms with Crippen molar-refractivity contribution in [1.82, 2.24) is 20.1 Å². The van der Waals surface area contributed by atoms with Gasteiger partial charge in [0.15, 0.2) is 0 Å². The van der Waals surface area contributed by atoms with Crippen molar-refractivity contribution >= 4 is 28.5 Å². The summed E-state index contributed by atoms with van der Waals surface area (Å²) in [4.78, 5) is 19.6. The summed E-state index contributed by atoms with van der Waals surface area (Å²) in [6, 6.07) is 5.90. The number of hydrogen-bond donors (Lipinski definition) is 2. The first kappa shape index (κ1) is 17.1. The summed E-state index contributed by atoms with van der Waals surface area (Å²) in [6.07, 6.45) is 3.90. The first-order valence-corrected chi connectivity index (χ1v) is 8.84. The summed E-state index contributed by atoms with van der Waals surface area (Å²) in [5, 5.41) is 4.94. The number of hydrogen-bond acceptors (Lipinski definition) is 2. The lowest BCUT2D eigenvalue weighted by Crippen LogP contribution is -2.39. The lowest BCUT2D eigenvalue weighted by atomic mass is 10.1. The molecule has 1 fully saturated rings. The van der Waals surface area contributed by atoms with Crippen LogP contribution in [0.3, 0.4) is 0 Å². The molecule has 1 aromatic carbocycles. The molecule has 2 N–H and O–H groups in total. The van der Waals surface area contributed by atoms with Crippen molar-refractivity contribution in [2.75, 3.05) is 40.3 Å². The largest absolute Gasteiger partial charge is 0.361 e. The van der Waals surface area contributed by atoms with E-state index in [0.717, 1.165) is 43.0 Å². The quantitative estimate of drug-likeness (QED) is 0.872. The highest BCUT2D eigenvalue weighted by Crippen LogP contribution is 2.22. The van der Waals surface area contributed by atoms with Gasteiger partial charge in [0.25, 0.3) is 0 Å². The number of carbonyl (C=O) groups excluding carboxylic acids is 1. The molecule has 1 aliphatic rings. The van der Waals surface area contributed by atoms with E-state index in [0.29, 0.717) is 12.5 Å². The average Bonchev–Trinajstić information content (AvgIpc) is 3.13. The molecule has 0 unspecified atom stereocenters. The van der Waals surface area contributed by atoms with Gasteiger partial charge in [0.1, 0.15) is 0 Å². The molecule has 2 amide bonds. The molecule has 1 atom stereocenters. The zero-order valence-electron chi connectivity index (χ0n) is 14.3. The van der Waals surface area contributed by atoms with Gasteiger partial charge in [-0.1, -0.05) is 17.7 Å². The SMILES string of the molecule is CN(C)C[C@@H]1CCN(C(=O)NCCc2c[nH]c3cc(Cl)ccc23)C1. The smallest absolute Gasteiger partial charge is 0.317 e. The van der Waals surface area contributed by atoms with Crippen LogP contribution in [0.2, 0.25) is 5.02 Å². The summed E-state index contributed by atoms with van der Waals surface area (Å²) in [6.45, 7) is 3.40. The first-order valence-electron chi connectivity index (χ1n) is 8.46. The van der Waals surface area contributed by atoms with Crippen molar-refractivity contribution in [2.24, 2.45) is 5.92 Å². The summed E-state index contributed by atoms with van der Waals surface area (Å²) in [7, 11) is 4.16. The van der Waals surface area contributed by atoms with Crippen LogP contribution in [-0.4, -0.2) is 61.1 Å². The molecule has 2 heterocycles. The minimum Gasteiger partial charge on any atom is -0.361 e. The lowest BCUT2D eigenvalue weighted by Gasteiger charge is -2.19. The highest BCUT2D eigenvalue weighted by atomic mass is 35.5. The van der Waals surface area contributed by atoms with Crippen LogP contribution in [0.25, 0.3) is 10.9 Å². The topological polar surface area (TPSA) is 51.4 Å². The van der Waals surface area contributed by atoms with Crippen molar-refractivity contribution in [3.05, 3.63) is 35.0 Å². The van der Waals surface area contributed by atoms with E-state index in [4.69, 9.17) is 11.6 Å². The van der Waals surface area contributed by atoms with E-state index in [-0.39, 0.29) is 6.03 Å². The number of rotatable bonds is 5. The van der Waals surface area contributed by atoms with E-state index >= 15 is 0 Å². The van der Waals surface area contributed by atoms with Gasteiger partial charge in [-0.15, -0.1) is 0 Å². The number of benzene rings is 1. The number of nitrogens with one attached hydrogen (secondary N) is 2. The number of urea groups is 1. The Hall–Kier alpha value is -1.72. The number of H-pyrrole nitrogens is 1. The number of halogens is 1. The number of nitrogens with zero attached hydrogens (tertiary/aromatic N) is 2. The molecule has 0 aliphatic carbocycles. The molecule has 0 spiro atoms. The normalized spacial score (nSPS) is 17.8. The molecular formula is C18H25ClN4O. The predicted molar refractivity (Wildman–Crippen MR) is 98.6 cm³/mol. The van der Waals surface area contributed by atoms with Crippen LogP contribution in [0.5, 0.6) is 0 Å². The van der Waals surface area contributed by atoms with Crippen molar-refractivity contribution in [3.63, 3.8) is 0 Å². The third-order valence-electron chi connectivity index (χ3n) is 4.60. The number of fused-ring (bicyclic) bond motifs is 1. The fourth-order valence-electron chi connectivity index (χ4n) is 3.46. The molecular weight excluding hydrogens is 324 g/mol. The van der Waals surface area contributed by atoms with E-state index < -0.39 is 0 Å².